The summed E-state index contributed by atoms with van der Waals surface area (Å²) < 4.78 is 5.09. The van der Waals surface area contributed by atoms with Gasteiger partial charge < -0.3 is 9.73 Å². The quantitative estimate of drug-likeness (QED) is 0.533. The number of nitrogens with one attached hydrogen (secondary N) is 2. The van der Waals surface area contributed by atoms with E-state index in [1.807, 2.05) is 29.0 Å². The van der Waals surface area contributed by atoms with E-state index >= 15 is 0 Å². The van der Waals surface area contributed by atoms with Crippen molar-refractivity contribution in [2.24, 2.45) is 0 Å². The highest BCUT2D eigenvalue weighted by atomic mass is 32.1. The van der Waals surface area contributed by atoms with E-state index in [1.165, 1.54) is 0 Å². The van der Waals surface area contributed by atoms with Crippen molar-refractivity contribution in [2.75, 3.05) is 6.54 Å². The fourth-order valence-corrected chi connectivity index (χ4v) is 4.12. The Labute approximate surface area is 156 Å². The van der Waals surface area contributed by atoms with Gasteiger partial charge in [0.15, 0.2) is 5.58 Å². The van der Waals surface area contributed by atoms with Gasteiger partial charge >= 0.3 is 5.76 Å². The van der Waals surface area contributed by atoms with E-state index in [0.717, 1.165) is 21.1 Å². The minimum atomic E-state index is -0.464. The molecule has 0 atom stereocenters. The molecule has 0 aliphatic rings. The number of rotatable bonds is 6. The molecule has 4 aromatic rings. The van der Waals surface area contributed by atoms with E-state index in [9.17, 15) is 9.59 Å². The van der Waals surface area contributed by atoms with Gasteiger partial charge in [0.25, 0.3) is 0 Å². The van der Waals surface area contributed by atoms with Crippen molar-refractivity contribution in [3.8, 4) is 11.3 Å². The predicted octanol–water partition coefficient (Wildman–Crippen LogP) is 3.21. The largest absolute Gasteiger partial charge is 0.417 e. The lowest BCUT2D eigenvalue weighted by Crippen LogP contribution is -2.26. The number of amides is 1. The average Bonchev–Trinajstić information content (AvgIpc) is 3.34. The first-order valence-electron chi connectivity index (χ1n) is 8.04. The molecule has 1 amide bonds. The third-order valence-electron chi connectivity index (χ3n) is 3.84. The fourth-order valence-electron chi connectivity index (χ4n) is 2.61. The molecule has 0 aliphatic heterocycles. The van der Waals surface area contributed by atoms with E-state index in [-0.39, 0.29) is 5.91 Å². The highest BCUT2D eigenvalue weighted by Gasteiger charge is 2.09. The smallest absolute Gasteiger partial charge is 0.408 e. The lowest BCUT2D eigenvalue weighted by Gasteiger charge is -2.02. The minimum absolute atomic E-state index is 0.0252. The molecule has 1 aromatic carbocycles. The van der Waals surface area contributed by atoms with Gasteiger partial charge in [-0.15, -0.1) is 22.7 Å². The van der Waals surface area contributed by atoms with Crippen LogP contribution in [0.1, 0.15) is 9.88 Å². The zero-order chi connectivity index (χ0) is 17.9. The first-order chi connectivity index (χ1) is 12.7. The molecular formula is C18H15N3O3S2. The Kier molecular flexibility index (Phi) is 4.68. The van der Waals surface area contributed by atoms with Crippen LogP contribution in [0.2, 0.25) is 0 Å². The second-order valence-corrected chi connectivity index (χ2v) is 7.68. The summed E-state index contributed by atoms with van der Waals surface area (Å²) in [6.07, 6.45) is 1.10. The van der Waals surface area contributed by atoms with Gasteiger partial charge in [-0.05, 0) is 23.6 Å². The highest BCUT2D eigenvalue weighted by molar-refractivity contribution is 7.10. The topological polar surface area (TPSA) is 88.0 Å². The fraction of sp³-hybridized carbons (Fsp3) is 0.167. The number of hydrogen-bond acceptors (Lipinski definition) is 6. The van der Waals surface area contributed by atoms with Crippen LogP contribution in [0.25, 0.3) is 22.4 Å². The molecule has 26 heavy (non-hydrogen) atoms. The third-order valence-corrected chi connectivity index (χ3v) is 5.63. The SMILES string of the molecule is O=C(Cc1cccs1)NCCc1nc(-c2ccc3[nH]c(=O)oc3c2)cs1. The van der Waals surface area contributed by atoms with Gasteiger partial charge in [0, 0.05) is 28.8 Å². The summed E-state index contributed by atoms with van der Waals surface area (Å²) in [5.74, 6) is -0.438. The molecule has 0 fully saturated rings. The number of oxazole rings is 1. The highest BCUT2D eigenvalue weighted by Crippen LogP contribution is 2.25. The molecule has 0 unspecified atom stereocenters. The Hall–Kier alpha value is -2.71. The van der Waals surface area contributed by atoms with Crippen molar-refractivity contribution in [1.29, 1.82) is 0 Å². The number of fused-ring (bicyclic) bond motifs is 1. The van der Waals surface area contributed by atoms with Crippen molar-refractivity contribution in [3.05, 3.63) is 61.5 Å². The van der Waals surface area contributed by atoms with Crippen LogP contribution in [-0.4, -0.2) is 22.4 Å². The zero-order valence-electron chi connectivity index (χ0n) is 13.7. The van der Waals surface area contributed by atoms with Crippen LogP contribution in [0.5, 0.6) is 0 Å². The molecule has 2 N–H and O–H groups in total. The van der Waals surface area contributed by atoms with E-state index in [1.54, 1.807) is 34.8 Å². The molecular weight excluding hydrogens is 370 g/mol. The molecule has 3 heterocycles. The molecule has 8 heteroatoms. The average molecular weight is 385 g/mol. The van der Waals surface area contributed by atoms with Crippen LogP contribution in [0, 0.1) is 0 Å². The number of carbonyl (C=O) groups excluding carboxylic acids is 1. The molecule has 132 valence electrons. The third kappa shape index (κ3) is 3.76. The summed E-state index contributed by atoms with van der Waals surface area (Å²) >= 11 is 3.14. The summed E-state index contributed by atoms with van der Waals surface area (Å²) in [5, 5.41) is 7.81. The van der Waals surface area contributed by atoms with E-state index < -0.39 is 5.76 Å². The summed E-state index contributed by atoms with van der Waals surface area (Å²) in [5.41, 5.74) is 2.91. The number of H-pyrrole nitrogens is 1. The maximum absolute atomic E-state index is 11.9. The van der Waals surface area contributed by atoms with E-state index in [2.05, 4.69) is 15.3 Å². The number of aromatic amines is 1. The van der Waals surface area contributed by atoms with Crippen LogP contribution >= 0.6 is 22.7 Å². The van der Waals surface area contributed by atoms with Crippen molar-refractivity contribution < 1.29 is 9.21 Å². The normalized spacial score (nSPS) is 11.1. The standard InChI is InChI=1S/C18H15N3O3S2/c22-16(9-12-2-1-7-25-12)19-6-5-17-20-14(10-26-17)11-3-4-13-15(8-11)24-18(23)21-13/h1-4,7-8,10H,5-6,9H2,(H,19,22)(H,21,23). The van der Waals surface area contributed by atoms with Crippen LogP contribution < -0.4 is 11.1 Å². The first kappa shape index (κ1) is 16.7. The van der Waals surface area contributed by atoms with Crippen molar-refractivity contribution in [3.63, 3.8) is 0 Å². The Balaban J connectivity index is 1.36. The molecule has 4 rings (SSSR count). The van der Waals surface area contributed by atoms with Gasteiger partial charge in [0.1, 0.15) is 0 Å². The Morgan fingerprint density at radius 1 is 1.27 bits per heavy atom. The van der Waals surface area contributed by atoms with Gasteiger partial charge in [-0.2, -0.15) is 0 Å². The zero-order valence-corrected chi connectivity index (χ0v) is 15.3. The number of thiazole rings is 1. The van der Waals surface area contributed by atoms with Gasteiger partial charge in [0.2, 0.25) is 5.91 Å². The second-order valence-electron chi connectivity index (χ2n) is 5.71. The van der Waals surface area contributed by atoms with Crippen LogP contribution in [0.4, 0.5) is 0 Å². The van der Waals surface area contributed by atoms with E-state index in [4.69, 9.17) is 4.42 Å². The maximum atomic E-state index is 11.9. The Morgan fingerprint density at radius 3 is 3.04 bits per heavy atom. The second kappa shape index (κ2) is 7.27. The molecule has 0 saturated heterocycles. The van der Waals surface area contributed by atoms with Crippen LogP contribution in [-0.2, 0) is 17.6 Å². The summed E-state index contributed by atoms with van der Waals surface area (Å²) in [4.78, 5) is 31.4. The lowest BCUT2D eigenvalue weighted by atomic mass is 10.1. The summed E-state index contributed by atoms with van der Waals surface area (Å²) in [6.45, 7) is 0.558. The monoisotopic (exact) mass is 385 g/mol. The van der Waals surface area contributed by atoms with Crippen molar-refractivity contribution in [2.45, 2.75) is 12.8 Å². The number of carbonyl (C=O) groups is 1. The Bertz CT molecular complexity index is 1090. The number of thiophene rings is 1. The number of nitrogens with zero attached hydrogens (tertiary/aromatic N) is 1. The van der Waals surface area contributed by atoms with E-state index in [0.29, 0.717) is 30.5 Å². The van der Waals surface area contributed by atoms with Crippen LogP contribution in [0.15, 0.2) is 50.3 Å². The molecule has 3 aromatic heterocycles. The van der Waals surface area contributed by atoms with Gasteiger partial charge in [-0.3, -0.25) is 9.78 Å². The molecule has 0 aliphatic carbocycles. The molecule has 0 spiro atoms. The number of hydrogen-bond donors (Lipinski definition) is 2. The van der Waals surface area contributed by atoms with Gasteiger partial charge in [-0.25, -0.2) is 9.78 Å². The van der Waals surface area contributed by atoms with Crippen LogP contribution in [0.3, 0.4) is 0 Å². The number of aromatic nitrogens is 2. The maximum Gasteiger partial charge on any atom is 0.417 e. The molecule has 6 nitrogen and oxygen atoms in total. The first-order valence-corrected chi connectivity index (χ1v) is 9.80. The van der Waals surface area contributed by atoms with Crippen molar-refractivity contribution >= 4 is 39.7 Å². The van der Waals surface area contributed by atoms with Gasteiger partial charge in [-0.1, -0.05) is 12.1 Å². The van der Waals surface area contributed by atoms with Crippen molar-refractivity contribution in [1.82, 2.24) is 15.3 Å². The summed E-state index contributed by atoms with van der Waals surface area (Å²) in [7, 11) is 0. The molecule has 0 radical (unpaired) electrons. The number of benzene rings is 1. The lowest BCUT2D eigenvalue weighted by molar-refractivity contribution is -0.120. The van der Waals surface area contributed by atoms with Gasteiger partial charge in [0.05, 0.1) is 22.6 Å². The summed E-state index contributed by atoms with van der Waals surface area (Å²) in [6, 6.07) is 9.41. The molecule has 0 bridgehead atoms. The minimum Gasteiger partial charge on any atom is -0.408 e. The predicted molar refractivity (Wildman–Crippen MR) is 103 cm³/mol. The Morgan fingerprint density at radius 2 is 2.19 bits per heavy atom. The molecule has 0 saturated carbocycles.